The lowest BCUT2D eigenvalue weighted by atomic mass is 9.93. The van der Waals surface area contributed by atoms with Gasteiger partial charge >= 0.3 is 0 Å². The fraction of sp³-hybridized carbons (Fsp3) is 0.706. The predicted molar refractivity (Wildman–Crippen MR) is 84.7 cm³/mol. The van der Waals surface area contributed by atoms with Gasteiger partial charge in [-0.15, -0.1) is 0 Å². The Morgan fingerprint density at radius 2 is 2.15 bits per heavy atom. The molecule has 1 unspecified atom stereocenters. The summed E-state index contributed by atoms with van der Waals surface area (Å²) in [5, 5.41) is 3.71. The number of hydrogen-bond acceptors (Lipinski definition) is 3. The highest BCUT2D eigenvalue weighted by molar-refractivity contribution is 5.17. The summed E-state index contributed by atoms with van der Waals surface area (Å²) in [7, 11) is 0. The van der Waals surface area contributed by atoms with Crippen molar-refractivity contribution in [3.05, 3.63) is 29.6 Å². The van der Waals surface area contributed by atoms with Crippen molar-refractivity contribution in [2.24, 2.45) is 5.92 Å². The average molecular weight is 275 g/mol. The van der Waals surface area contributed by atoms with Gasteiger partial charge in [0.2, 0.25) is 0 Å². The van der Waals surface area contributed by atoms with Crippen LogP contribution in [0.3, 0.4) is 0 Å². The zero-order valence-corrected chi connectivity index (χ0v) is 13.6. The van der Waals surface area contributed by atoms with E-state index in [0.717, 1.165) is 25.6 Å². The van der Waals surface area contributed by atoms with E-state index in [1.165, 1.54) is 17.5 Å². The summed E-state index contributed by atoms with van der Waals surface area (Å²) < 4.78 is 0. The fourth-order valence-electron chi connectivity index (χ4n) is 3.01. The van der Waals surface area contributed by atoms with Crippen LogP contribution in [-0.2, 0) is 6.54 Å². The summed E-state index contributed by atoms with van der Waals surface area (Å²) in [5.41, 5.74) is 2.77. The first-order valence-electron chi connectivity index (χ1n) is 7.76. The Kier molecular flexibility index (Phi) is 4.82. The van der Waals surface area contributed by atoms with E-state index in [4.69, 9.17) is 0 Å². The van der Waals surface area contributed by atoms with Crippen LogP contribution in [0.1, 0.15) is 45.2 Å². The van der Waals surface area contributed by atoms with Crippen LogP contribution < -0.4 is 5.32 Å². The maximum absolute atomic E-state index is 4.32. The molecule has 1 atom stereocenters. The minimum Gasteiger partial charge on any atom is -0.311 e. The lowest BCUT2D eigenvalue weighted by molar-refractivity contribution is 0.0535. The molecular weight excluding hydrogens is 246 g/mol. The van der Waals surface area contributed by atoms with Crippen LogP contribution in [-0.4, -0.2) is 34.6 Å². The third kappa shape index (κ3) is 4.03. The molecule has 1 aromatic rings. The molecule has 0 bridgehead atoms. The van der Waals surface area contributed by atoms with Crippen molar-refractivity contribution in [1.29, 1.82) is 0 Å². The van der Waals surface area contributed by atoms with Gasteiger partial charge in [0.05, 0.1) is 0 Å². The van der Waals surface area contributed by atoms with Crippen molar-refractivity contribution in [2.75, 3.05) is 13.1 Å². The Labute approximate surface area is 123 Å². The summed E-state index contributed by atoms with van der Waals surface area (Å²) >= 11 is 0. The molecule has 1 N–H and O–H groups in total. The van der Waals surface area contributed by atoms with E-state index in [0.29, 0.717) is 6.04 Å². The minimum atomic E-state index is 0.206. The van der Waals surface area contributed by atoms with Crippen molar-refractivity contribution in [2.45, 2.75) is 59.2 Å². The molecule has 0 spiro atoms. The number of pyridine rings is 1. The highest BCUT2D eigenvalue weighted by atomic mass is 15.3. The highest BCUT2D eigenvalue weighted by Crippen LogP contribution is 2.23. The molecule has 0 radical (unpaired) electrons. The van der Waals surface area contributed by atoms with Crippen LogP contribution >= 0.6 is 0 Å². The van der Waals surface area contributed by atoms with Crippen molar-refractivity contribution in [1.82, 2.24) is 15.2 Å². The molecule has 1 saturated heterocycles. The second-order valence-electron chi connectivity index (χ2n) is 7.27. The summed E-state index contributed by atoms with van der Waals surface area (Å²) in [6.07, 6.45) is 5.18. The first-order chi connectivity index (χ1) is 9.37. The van der Waals surface area contributed by atoms with Gasteiger partial charge in [-0.1, -0.05) is 19.9 Å². The predicted octanol–water partition coefficient (Wildman–Crippen LogP) is 2.99. The quantitative estimate of drug-likeness (QED) is 0.915. The highest BCUT2D eigenvalue weighted by Gasteiger charge is 2.33. The SMILES string of the molecule is Cc1cncc(CN2CC(CC(C)C)NCC2(C)C)c1. The summed E-state index contributed by atoms with van der Waals surface area (Å²) in [5.74, 6) is 0.746. The van der Waals surface area contributed by atoms with Gasteiger partial charge in [-0.05, 0) is 44.2 Å². The van der Waals surface area contributed by atoms with E-state index in [-0.39, 0.29) is 5.54 Å². The minimum absolute atomic E-state index is 0.206. The number of nitrogens with zero attached hydrogens (tertiary/aromatic N) is 2. The van der Waals surface area contributed by atoms with Crippen LogP contribution in [0.2, 0.25) is 0 Å². The van der Waals surface area contributed by atoms with Crippen molar-refractivity contribution in [3.63, 3.8) is 0 Å². The second kappa shape index (κ2) is 6.23. The number of aromatic nitrogens is 1. The normalized spacial score (nSPS) is 23.2. The molecule has 0 saturated carbocycles. The molecule has 1 aliphatic rings. The lowest BCUT2D eigenvalue weighted by Gasteiger charge is -2.46. The second-order valence-corrected chi connectivity index (χ2v) is 7.27. The van der Waals surface area contributed by atoms with Gasteiger partial charge < -0.3 is 5.32 Å². The lowest BCUT2D eigenvalue weighted by Crippen LogP contribution is -2.61. The van der Waals surface area contributed by atoms with E-state index >= 15 is 0 Å². The molecule has 0 aromatic carbocycles. The van der Waals surface area contributed by atoms with E-state index in [2.05, 4.69) is 55.9 Å². The molecule has 2 rings (SSSR count). The number of hydrogen-bond donors (Lipinski definition) is 1. The van der Waals surface area contributed by atoms with Crippen LogP contribution in [0.15, 0.2) is 18.5 Å². The van der Waals surface area contributed by atoms with Gasteiger partial charge in [-0.2, -0.15) is 0 Å². The van der Waals surface area contributed by atoms with E-state index < -0.39 is 0 Å². The molecule has 20 heavy (non-hydrogen) atoms. The maximum atomic E-state index is 4.32. The van der Waals surface area contributed by atoms with Gasteiger partial charge in [-0.3, -0.25) is 9.88 Å². The zero-order chi connectivity index (χ0) is 14.8. The van der Waals surface area contributed by atoms with Gasteiger partial charge in [-0.25, -0.2) is 0 Å². The molecular formula is C17H29N3. The van der Waals surface area contributed by atoms with E-state index in [1.54, 1.807) is 0 Å². The third-order valence-electron chi connectivity index (χ3n) is 4.18. The molecule has 2 heterocycles. The fourth-order valence-corrected chi connectivity index (χ4v) is 3.01. The molecule has 112 valence electrons. The first-order valence-corrected chi connectivity index (χ1v) is 7.76. The van der Waals surface area contributed by atoms with Crippen LogP contribution in [0.25, 0.3) is 0 Å². The number of rotatable bonds is 4. The van der Waals surface area contributed by atoms with Crippen molar-refractivity contribution >= 4 is 0 Å². The van der Waals surface area contributed by atoms with Crippen LogP contribution in [0, 0.1) is 12.8 Å². The smallest absolute Gasteiger partial charge is 0.0313 e. The first kappa shape index (κ1) is 15.5. The maximum Gasteiger partial charge on any atom is 0.0313 e. The van der Waals surface area contributed by atoms with Gasteiger partial charge in [0.25, 0.3) is 0 Å². The molecule has 3 nitrogen and oxygen atoms in total. The monoisotopic (exact) mass is 275 g/mol. The molecule has 1 aliphatic heterocycles. The standard InChI is InChI=1S/C17H29N3/c1-13(2)6-16-11-20(17(4,5)12-19-16)10-15-7-14(3)8-18-9-15/h7-9,13,16,19H,6,10-12H2,1-5H3. The average Bonchev–Trinajstić information content (AvgIpc) is 2.33. The Morgan fingerprint density at radius 1 is 1.40 bits per heavy atom. The summed E-state index contributed by atoms with van der Waals surface area (Å²) in [6.45, 7) is 14.6. The molecule has 1 aromatic heterocycles. The van der Waals surface area contributed by atoms with Gasteiger partial charge in [0, 0.05) is 43.6 Å². The molecule has 0 aliphatic carbocycles. The molecule has 0 amide bonds. The van der Waals surface area contributed by atoms with Gasteiger partial charge in [0.15, 0.2) is 0 Å². The van der Waals surface area contributed by atoms with Crippen molar-refractivity contribution in [3.8, 4) is 0 Å². The summed E-state index contributed by atoms with van der Waals surface area (Å²) in [6, 6.07) is 2.86. The Bertz CT molecular complexity index is 440. The van der Waals surface area contributed by atoms with E-state index in [1.807, 2.05) is 12.4 Å². The molecule has 3 heteroatoms. The Hall–Kier alpha value is -0.930. The largest absolute Gasteiger partial charge is 0.311 e. The van der Waals surface area contributed by atoms with E-state index in [9.17, 15) is 0 Å². The van der Waals surface area contributed by atoms with Crippen molar-refractivity contribution < 1.29 is 0 Å². The van der Waals surface area contributed by atoms with Crippen LogP contribution in [0.5, 0.6) is 0 Å². The topological polar surface area (TPSA) is 28.2 Å². The third-order valence-corrected chi connectivity index (χ3v) is 4.18. The Morgan fingerprint density at radius 3 is 2.80 bits per heavy atom. The number of nitrogens with one attached hydrogen (secondary N) is 1. The summed E-state index contributed by atoms with van der Waals surface area (Å²) in [4.78, 5) is 6.93. The number of aryl methyl sites for hydroxylation is 1. The molecule has 1 fully saturated rings. The van der Waals surface area contributed by atoms with Gasteiger partial charge in [0.1, 0.15) is 0 Å². The number of piperazine rings is 1. The Balaban J connectivity index is 2.06. The van der Waals surface area contributed by atoms with Crippen LogP contribution in [0.4, 0.5) is 0 Å². The zero-order valence-electron chi connectivity index (χ0n) is 13.6.